The zero-order valence-electron chi connectivity index (χ0n) is 19.7. The molecule has 1 heterocycles. The SMILES string of the molecule is COOP(=O)(OOC)Oc1cc(C2(OC)OOC23C2CC4CC(C2)CC3C4)ccc1/C=C/C(=O)O. The highest BCUT2D eigenvalue weighted by molar-refractivity contribution is 7.48. The first-order valence-electron chi connectivity index (χ1n) is 11.5. The van der Waals surface area contributed by atoms with Crippen LogP contribution in [0.15, 0.2) is 24.3 Å². The van der Waals surface area contributed by atoms with Crippen LogP contribution in [0.2, 0.25) is 0 Å². The molecular formula is C23H29O11P. The minimum atomic E-state index is -4.39. The summed E-state index contributed by atoms with van der Waals surface area (Å²) in [5.74, 6) is -0.423. The second-order valence-electron chi connectivity index (χ2n) is 9.53. The summed E-state index contributed by atoms with van der Waals surface area (Å²) < 4.78 is 33.9. The third-order valence-electron chi connectivity index (χ3n) is 7.79. The van der Waals surface area contributed by atoms with Crippen LogP contribution in [0, 0.1) is 23.7 Å². The van der Waals surface area contributed by atoms with E-state index in [2.05, 4.69) is 9.78 Å². The van der Waals surface area contributed by atoms with Gasteiger partial charge in [-0.05, 0) is 67.9 Å². The average Bonchev–Trinajstić information content (AvgIpc) is 2.78. The molecule has 1 unspecified atom stereocenters. The van der Waals surface area contributed by atoms with E-state index >= 15 is 0 Å². The predicted octanol–water partition coefficient (Wildman–Crippen LogP) is 4.38. The number of rotatable bonds is 10. The molecule has 1 spiro atoms. The van der Waals surface area contributed by atoms with Crippen LogP contribution in [0.4, 0.5) is 0 Å². The quantitative estimate of drug-likeness (QED) is 0.207. The highest BCUT2D eigenvalue weighted by Gasteiger charge is 2.76. The van der Waals surface area contributed by atoms with Crippen molar-refractivity contribution in [3.05, 3.63) is 35.4 Å². The highest BCUT2D eigenvalue weighted by atomic mass is 31.2. The third kappa shape index (κ3) is 3.95. The minimum Gasteiger partial charge on any atom is -0.478 e. The minimum absolute atomic E-state index is 0.0108. The monoisotopic (exact) mass is 512 g/mol. The molecule has 4 bridgehead atoms. The molecule has 0 aromatic heterocycles. The summed E-state index contributed by atoms with van der Waals surface area (Å²) in [6.07, 6.45) is 7.73. The van der Waals surface area contributed by atoms with Gasteiger partial charge in [-0.25, -0.2) is 24.0 Å². The number of carboxylic acid groups (broad SMARTS) is 1. The number of benzene rings is 1. The molecule has 1 aliphatic heterocycles. The van der Waals surface area contributed by atoms with Crippen molar-refractivity contribution in [2.45, 2.75) is 43.5 Å². The Balaban J connectivity index is 1.56. The first-order chi connectivity index (χ1) is 16.8. The van der Waals surface area contributed by atoms with Crippen LogP contribution in [0.1, 0.15) is 43.2 Å². The maximum absolute atomic E-state index is 12.9. The van der Waals surface area contributed by atoms with Crippen LogP contribution in [0.3, 0.4) is 0 Å². The molecule has 5 fully saturated rings. The van der Waals surface area contributed by atoms with Gasteiger partial charge in [0.1, 0.15) is 5.75 Å². The molecule has 12 heteroatoms. The first-order valence-corrected chi connectivity index (χ1v) is 13.0. The molecule has 192 valence electrons. The maximum Gasteiger partial charge on any atom is 0.585 e. The lowest BCUT2D eigenvalue weighted by Gasteiger charge is -2.68. The molecule has 11 nitrogen and oxygen atoms in total. The van der Waals surface area contributed by atoms with Crippen molar-refractivity contribution in [3.8, 4) is 5.75 Å². The zero-order chi connectivity index (χ0) is 24.8. The van der Waals surface area contributed by atoms with Gasteiger partial charge in [0.25, 0.3) is 5.79 Å². The predicted molar refractivity (Wildman–Crippen MR) is 118 cm³/mol. The lowest BCUT2D eigenvalue weighted by atomic mass is 9.47. The van der Waals surface area contributed by atoms with Gasteiger partial charge in [-0.1, -0.05) is 12.1 Å². The summed E-state index contributed by atoms with van der Waals surface area (Å²) in [4.78, 5) is 31.9. The Kier molecular flexibility index (Phi) is 6.56. The van der Waals surface area contributed by atoms with E-state index in [1.54, 1.807) is 25.3 Å². The summed E-state index contributed by atoms with van der Waals surface area (Å²) >= 11 is 0. The Bertz CT molecular complexity index is 1010. The van der Waals surface area contributed by atoms with Crippen LogP contribution in [-0.4, -0.2) is 38.0 Å². The number of aliphatic carboxylic acids is 1. The molecule has 1 aromatic carbocycles. The number of phosphoric acid groups is 1. The average molecular weight is 512 g/mol. The van der Waals surface area contributed by atoms with E-state index in [1.165, 1.54) is 12.5 Å². The number of carboxylic acids is 1. The number of ether oxygens (including phenoxy) is 1. The maximum atomic E-state index is 12.9. The normalized spacial score (nSPS) is 35.5. The fourth-order valence-corrected chi connectivity index (χ4v) is 7.67. The van der Waals surface area contributed by atoms with Crippen molar-refractivity contribution in [3.63, 3.8) is 0 Å². The van der Waals surface area contributed by atoms with Gasteiger partial charge in [0.15, 0.2) is 5.60 Å². The number of methoxy groups -OCH3 is 1. The van der Waals surface area contributed by atoms with Gasteiger partial charge < -0.3 is 14.4 Å². The number of hydrogen-bond donors (Lipinski definition) is 1. The fraction of sp³-hybridized carbons (Fsp3) is 0.609. The standard InChI is InChI=1S/C23H29O11P/c1-27-23(22(31-32-23)18-9-14-8-15(11-18)12-19(22)10-14)17-6-4-16(5-7-21(24)25)20(13-17)30-35(26,33-28-2)34-29-3/h4-7,13-15,18-19H,8-12H2,1-3H3,(H,24,25)/b7-5+. The molecule has 4 aliphatic carbocycles. The van der Waals surface area contributed by atoms with E-state index in [4.69, 9.17) is 33.5 Å². The molecule has 4 saturated carbocycles. The van der Waals surface area contributed by atoms with Crippen molar-refractivity contribution < 1.29 is 52.6 Å². The van der Waals surface area contributed by atoms with E-state index in [9.17, 15) is 9.36 Å². The van der Waals surface area contributed by atoms with Crippen LogP contribution in [0.5, 0.6) is 5.75 Å². The van der Waals surface area contributed by atoms with Gasteiger partial charge in [-0.15, -0.1) is 9.35 Å². The Morgan fingerprint density at radius 2 is 1.66 bits per heavy atom. The van der Waals surface area contributed by atoms with Crippen molar-refractivity contribution >= 4 is 19.9 Å². The van der Waals surface area contributed by atoms with E-state index in [0.29, 0.717) is 23.0 Å². The highest BCUT2D eigenvalue weighted by Crippen LogP contribution is 2.69. The van der Waals surface area contributed by atoms with Crippen molar-refractivity contribution in [2.24, 2.45) is 23.7 Å². The molecule has 0 radical (unpaired) electrons. The fourth-order valence-electron chi connectivity index (χ4n) is 6.82. The summed E-state index contributed by atoms with van der Waals surface area (Å²) in [6, 6.07) is 4.93. The van der Waals surface area contributed by atoms with Crippen LogP contribution in [-0.2, 0) is 48.8 Å². The molecular weight excluding hydrogens is 483 g/mol. The van der Waals surface area contributed by atoms with Crippen LogP contribution in [0.25, 0.3) is 6.08 Å². The smallest absolute Gasteiger partial charge is 0.478 e. The molecule has 0 amide bonds. The van der Waals surface area contributed by atoms with Crippen LogP contribution >= 0.6 is 7.82 Å². The summed E-state index contributed by atoms with van der Waals surface area (Å²) in [7, 11) is -0.554. The van der Waals surface area contributed by atoms with Crippen molar-refractivity contribution in [2.75, 3.05) is 21.3 Å². The Hall–Kier alpha value is -1.82. The van der Waals surface area contributed by atoms with E-state index in [-0.39, 0.29) is 17.6 Å². The third-order valence-corrected chi connectivity index (χ3v) is 8.87. The first kappa shape index (κ1) is 24.9. The van der Waals surface area contributed by atoms with E-state index in [0.717, 1.165) is 46.0 Å². The zero-order valence-corrected chi connectivity index (χ0v) is 20.6. The van der Waals surface area contributed by atoms with Gasteiger partial charge in [0, 0.05) is 24.3 Å². The molecule has 1 aromatic rings. The summed E-state index contributed by atoms with van der Waals surface area (Å²) in [5, 5.41) is 9.09. The Labute approximate surface area is 202 Å². The molecule has 1 N–H and O–H groups in total. The lowest BCUT2D eigenvalue weighted by molar-refractivity contribution is -0.645. The molecule has 6 rings (SSSR count). The van der Waals surface area contributed by atoms with E-state index in [1.807, 2.05) is 0 Å². The second kappa shape index (κ2) is 9.24. The Morgan fingerprint density at radius 1 is 1.03 bits per heavy atom. The van der Waals surface area contributed by atoms with Crippen molar-refractivity contribution in [1.82, 2.24) is 0 Å². The number of hydrogen-bond acceptors (Lipinski definition) is 10. The molecule has 1 atom stereocenters. The number of carbonyl (C=O) groups is 1. The Morgan fingerprint density at radius 3 is 2.14 bits per heavy atom. The van der Waals surface area contributed by atoms with Gasteiger partial charge >= 0.3 is 13.8 Å². The lowest BCUT2D eigenvalue weighted by Crippen LogP contribution is -2.76. The van der Waals surface area contributed by atoms with Gasteiger partial charge in [-0.3, -0.25) is 0 Å². The molecule has 1 saturated heterocycles. The molecule has 5 aliphatic rings. The van der Waals surface area contributed by atoms with Gasteiger partial charge in [0.2, 0.25) is 0 Å². The second-order valence-corrected chi connectivity index (χ2v) is 10.9. The molecule has 35 heavy (non-hydrogen) atoms. The van der Waals surface area contributed by atoms with Crippen LogP contribution < -0.4 is 4.52 Å². The summed E-state index contributed by atoms with van der Waals surface area (Å²) in [6.45, 7) is 0. The van der Waals surface area contributed by atoms with Crippen molar-refractivity contribution in [1.29, 1.82) is 0 Å². The topological polar surface area (TPSA) is 128 Å². The largest absolute Gasteiger partial charge is 0.585 e. The van der Waals surface area contributed by atoms with E-state index < -0.39 is 25.2 Å². The van der Waals surface area contributed by atoms with Gasteiger partial charge in [0.05, 0.1) is 14.2 Å². The summed E-state index contributed by atoms with van der Waals surface area (Å²) in [5.41, 5.74) is 0.213. The van der Waals surface area contributed by atoms with Gasteiger partial charge in [-0.2, -0.15) is 4.89 Å².